The van der Waals surface area contributed by atoms with Crippen molar-refractivity contribution >= 4 is 17.6 Å². The van der Waals surface area contributed by atoms with Crippen LogP contribution in [0.4, 0.5) is 10.1 Å². The number of benzene rings is 1. The van der Waals surface area contributed by atoms with Gasteiger partial charge in [0.25, 0.3) is 0 Å². The maximum absolute atomic E-state index is 13.3. The van der Waals surface area contributed by atoms with Crippen molar-refractivity contribution in [2.24, 2.45) is 0 Å². The molecule has 0 radical (unpaired) electrons. The molecule has 1 heterocycles. The quantitative estimate of drug-likeness (QED) is 0.850. The van der Waals surface area contributed by atoms with Gasteiger partial charge >= 0.3 is 5.97 Å². The van der Waals surface area contributed by atoms with Gasteiger partial charge in [-0.05, 0) is 31.0 Å². The molecule has 0 atom stereocenters. The summed E-state index contributed by atoms with van der Waals surface area (Å²) in [7, 11) is 0. The molecule has 1 aliphatic rings. The van der Waals surface area contributed by atoms with Crippen molar-refractivity contribution in [1.29, 1.82) is 0 Å². The Morgan fingerprint density at radius 1 is 1.47 bits per heavy atom. The van der Waals surface area contributed by atoms with E-state index < -0.39 is 11.8 Å². The third kappa shape index (κ3) is 2.81. The maximum atomic E-state index is 13.3. The third-order valence-electron chi connectivity index (χ3n) is 3.16. The maximum Gasteiger partial charge on any atom is 0.331 e. The summed E-state index contributed by atoms with van der Waals surface area (Å²) in [5, 5.41) is 8.79. The van der Waals surface area contributed by atoms with E-state index in [1.807, 2.05) is 0 Å². The predicted molar refractivity (Wildman–Crippen MR) is 68.5 cm³/mol. The first-order chi connectivity index (χ1) is 8.99. The van der Waals surface area contributed by atoms with Crippen LogP contribution in [0.5, 0.6) is 0 Å². The summed E-state index contributed by atoms with van der Waals surface area (Å²) >= 11 is 0. The van der Waals surface area contributed by atoms with Crippen LogP contribution in [0.1, 0.15) is 18.9 Å². The van der Waals surface area contributed by atoms with Crippen molar-refractivity contribution in [1.82, 2.24) is 0 Å². The SMILES string of the molecule is CC(=CCN1C(=O)CCc2ccc(F)cc21)C(=O)O. The van der Waals surface area contributed by atoms with Gasteiger partial charge in [-0.25, -0.2) is 9.18 Å². The van der Waals surface area contributed by atoms with Gasteiger partial charge in [-0.1, -0.05) is 12.1 Å². The number of carbonyl (C=O) groups is 2. The van der Waals surface area contributed by atoms with Gasteiger partial charge in [-0.15, -0.1) is 0 Å². The van der Waals surface area contributed by atoms with Crippen LogP contribution >= 0.6 is 0 Å². The number of hydrogen-bond acceptors (Lipinski definition) is 2. The molecule has 1 aromatic carbocycles. The summed E-state index contributed by atoms with van der Waals surface area (Å²) < 4.78 is 13.3. The Morgan fingerprint density at radius 2 is 2.21 bits per heavy atom. The van der Waals surface area contributed by atoms with Gasteiger partial charge in [-0.2, -0.15) is 0 Å². The molecule has 1 N–H and O–H groups in total. The molecular weight excluding hydrogens is 249 g/mol. The Morgan fingerprint density at radius 3 is 2.89 bits per heavy atom. The van der Waals surface area contributed by atoms with Crippen LogP contribution in [-0.2, 0) is 16.0 Å². The highest BCUT2D eigenvalue weighted by atomic mass is 19.1. The second-order valence-corrected chi connectivity index (χ2v) is 4.47. The Balaban J connectivity index is 2.30. The standard InChI is InChI=1S/C14H14FNO3/c1-9(14(18)19)6-7-16-12-8-11(15)4-2-10(12)3-5-13(16)17/h2,4,6,8H,3,5,7H2,1H3,(H,18,19). The van der Waals surface area contributed by atoms with E-state index in [9.17, 15) is 14.0 Å². The van der Waals surface area contributed by atoms with E-state index in [0.29, 0.717) is 18.5 Å². The second kappa shape index (κ2) is 5.22. The van der Waals surface area contributed by atoms with E-state index in [-0.39, 0.29) is 18.0 Å². The zero-order valence-electron chi connectivity index (χ0n) is 10.5. The van der Waals surface area contributed by atoms with Crippen molar-refractivity contribution in [3.8, 4) is 0 Å². The van der Waals surface area contributed by atoms with E-state index >= 15 is 0 Å². The lowest BCUT2D eigenvalue weighted by atomic mass is 10.0. The highest BCUT2D eigenvalue weighted by Gasteiger charge is 2.23. The highest BCUT2D eigenvalue weighted by molar-refractivity contribution is 5.97. The van der Waals surface area contributed by atoms with Crippen LogP contribution in [0.2, 0.25) is 0 Å². The average molecular weight is 263 g/mol. The van der Waals surface area contributed by atoms with Gasteiger partial charge in [0.2, 0.25) is 5.91 Å². The summed E-state index contributed by atoms with van der Waals surface area (Å²) in [6.07, 6.45) is 2.41. The lowest BCUT2D eigenvalue weighted by Gasteiger charge is -2.28. The number of aliphatic carboxylic acids is 1. The van der Waals surface area contributed by atoms with E-state index in [1.165, 1.54) is 30.0 Å². The number of hydrogen-bond donors (Lipinski definition) is 1. The first kappa shape index (κ1) is 13.3. The molecular formula is C14H14FNO3. The lowest BCUT2D eigenvalue weighted by molar-refractivity contribution is -0.132. The number of fused-ring (bicyclic) bond motifs is 1. The Bertz CT molecular complexity index is 566. The van der Waals surface area contributed by atoms with Gasteiger partial charge in [0, 0.05) is 18.5 Å². The monoisotopic (exact) mass is 263 g/mol. The molecule has 0 saturated heterocycles. The molecule has 0 bridgehead atoms. The zero-order chi connectivity index (χ0) is 14.0. The minimum Gasteiger partial charge on any atom is -0.478 e. The Kier molecular flexibility index (Phi) is 3.64. The molecule has 0 saturated carbocycles. The van der Waals surface area contributed by atoms with Crippen molar-refractivity contribution in [3.05, 3.63) is 41.2 Å². The number of anilines is 1. The molecule has 1 amide bonds. The summed E-state index contributed by atoms with van der Waals surface area (Å²) in [4.78, 5) is 24.0. The molecule has 4 nitrogen and oxygen atoms in total. The van der Waals surface area contributed by atoms with Crippen molar-refractivity contribution in [2.45, 2.75) is 19.8 Å². The van der Waals surface area contributed by atoms with Crippen LogP contribution in [0, 0.1) is 5.82 Å². The molecule has 0 aliphatic carbocycles. The molecule has 1 aromatic rings. The first-order valence-corrected chi connectivity index (χ1v) is 5.98. The Labute approximate surface area is 110 Å². The molecule has 5 heteroatoms. The van der Waals surface area contributed by atoms with Gasteiger partial charge in [-0.3, -0.25) is 4.79 Å². The highest BCUT2D eigenvalue weighted by Crippen LogP contribution is 2.28. The molecule has 0 fully saturated rings. The smallest absolute Gasteiger partial charge is 0.331 e. The van der Waals surface area contributed by atoms with Crippen molar-refractivity contribution in [2.75, 3.05) is 11.4 Å². The summed E-state index contributed by atoms with van der Waals surface area (Å²) in [6.45, 7) is 1.61. The molecule has 0 aromatic heterocycles. The van der Waals surface area contributed by atoms with E-state index in [2.05, 4.69) is 0 Å². The zero-order valence-corrected chi connectivity index (χ0v) is 10.5. The fraction of sp³-hybridized carbons (Fsp3) is 0.286. The first-order valence-electron chi connectivity index (χ1n) is 5.98. The topological polar surface area (TPSA) is 57.6 Å². The number of carbonyl (C=O) groups excluding carboxylic acids is 1. The van der Waals surface area contributed by atoms with Gasteiger partial charge in [0.05, 0.1) is 5.69 Å². The number of nitrogens with zero attached hydrogens (tertiary/aromatic N) is 1. The fourth-order valence-electron chi connectivity index (χ4n) is 2.03. The molecule has 0 spiro atoms. The third-order valence-corrected chi connectivity index (χ3v) is 3.16. The van der Waals surface area contributed by atoms with Gasteiger partial charge in [0.1, 0.15) is 5.82 Å². The fourth-order valence-corrected chi connectivity index (χ4v) is 2.03. The molecule has 19 heavy (non-hydrogen) atoms. The number of rotatable bonds is 3. The van der Waals surface area contributed by atoms with Gasteiger partial charge in [0.15, 0.2) is 0 Å². The minimum absolute atomic E-state index is 0.118. The molecule has 100 valence electrons. The summed E-state index contributed by atoms with van der Waals surface area (Å²) in [6, 6.07) is 4.35. The largest absolute Gasteiger partial charge is 0.478 e. The van der Waals surface area contributed by atoms with Crippen LogP contribution in [0.25, 0.3) is 0 Å². The number of carboxylic acid groups (broad SMARTS) is 1. The van der Waals surface area contributed by atoms with Gasteiger partial charge < -0.3 is 10.0 Å². The van der Waals surface area contributed by atoms with E-state index in [0.717, 1.165) is 5.56 Å². The molecule has 1 aliphatic heterocycles. The molecule has 0 unspecified atom stereocenters. The van der Waals surface area contributed by atoms with Crippen LogP contribution < -0.4 is 4.90 Å². The van der Waals surface area contributed by atoms with Crippen LogP contribution in [-0.4, -0.2) is 23.5 Å². The number of carboxylic acids is 1. The second-order valence-electron chi connectivity index (χ2n) is 4.47. The summed E-state index contributed by atoms with van der Waals surface area (Å²) in [5.41, 5.74) is 1.60. The molecule has 2 rings (SSSR count). The van der Waals surface area contributed by atoms with E-state index in [4.69, 9.17) is 5.11 Å². The minimum atomic E-state index is -1.02. The predicted octanol–water partition coefficient (Wildman–Crippen LogP) is 2.14. The normalized spacial score (nSPS) is 15.4. The number of halogens is 1. The van der Waals surface area contributed by atoms with Crippen LogP contribution in [0.15, 0.2) is 29.8 Å². The van der Waals surface area contributed by atoms with Crippen molar-refractivity contribution in [3.63, 3.8) is 0 Å². The number of aryl methyl sites for hydroxylation is 1. The van der Waals surface area contributed by atoms with Crippen molar-refractivity contribution < 1.29 is 19.1 Å². The van der Waals surface area contributed by atoms with Crippen LogP contribution in [0.3, 0.4) is 0 Å². The summed E-state index contributed by atoms with van der Waals surface area (Å²) in [5.74, 6) is -1.55. The average Bonchev–Trinajstić information content (AvgIpc) is 2.37. The lowest BCUT2D eigenvalue weighted by Crippen LogP contribution is -2.35. The number of amides is 1. The Hall–Kier alpha value is -2.17. The van der Waals surface area contributed by atoms with E-state index in [1.54, 1.807) is 6.07 Å².